The van der Waals surface area contributed by atoms with E-state index in [4.69, 9.17) is 4.42 Å². The predicted molar refractivity (Wildman–Crippen MR) is 80.1 cm³/mol. The van der Waals surface area contributed by atoms with Gasteiger partial charge in [0.1, 0.15) is 5.76 Å². The van der Waals surface area contributed by atoms with Crippen LogP contribution < -0.4 is 5.32 Å². The van der Waals surface area contributed by atoms with E-state index in [9.17, 15) is 0 Å². The Kier molecular flexibility index (Phi) is 5.35. The second-order valence-electron chi connectivity index (χ2n) is 4.04. The van der Waals surface area contributed by atoms with E-state index in [1.165, 1.54) is 4.90 Å². The fraction of sp³-hybridized carbons (Fsp3) is 0.286. The molecule has 4 heteroatoms. The van der Waals surface area contributed by atoms with Crippen molar-refractivity contribution in [3.63, 3.8) is 0 Å². The maximum atomic E-state index is 5.38. The van der Waals surface area contributed by atoms with E-state index in [0.29, 0.717) is 6.04 Å². The molecule has 1 N–H and O–H groups in total. The van der Waals surface area contributed by atoms with Crippen LogP contribution in [0.2, 0.25) is 0 Å². The number of hydrogen-bond donors (Lipinski definition) is 1. The van der Waals surface area contributed by atoms with Crippen LogP contribution in [-0.2, 0) is 6.42 Å². The molecular weight excluding hydrogens is 310 g/mol. The van der Waals surface area contributed by atoms with Crippen molar-refractivity contribution in [3.8, 4) is 0 Å². The molecule has 1 unspecified atom stereocenters. The molecular formula is C14H16BrNOS. The summed E-state index contributed by atoms with van der Waals surface area (Å²) in [5, 5.41) is 3.33. The molecule has 96 valence electrons. The number of hydrogen-bond acceptors (Lipinski definition) is 3. The number of benzene rings is 1. The average Bonchev–Trinajstić information content (AvgIpc) is 2.87. The van der Waals surface area contributed by atoms with Gasteiger partial charge in [0.2, 0.25) is 0 Å². The fourth-order valence-electron chi connectivity index (χ4n) is 1.67. The lowest BCUT2D eigenvalue weighted by atomic mass is 10.2. The van der Waals surface area contributed by atoms with E-state index in [0.717, 1.165) is 22.4 Å². The monoisotopic (exact) mass is 325 g/mol. The average molecular weight is 326 g/mol. The first-order valence-corrected chi connectivity index (χ1v) is 7.64. The molecule has 1 aromatic carbocycles. The van der Waals surface area contributed by atoms with Crippen LogP contribution in [0.25, 0.3) is 0 Å². The molecule has 0 saturated carbocycles. The summed E-state index contributed by atoms with van der Waals surface area (Å²) in [5.74, 6) is 2.05. The van der Waals surface area contributed by atoms with E-state index in [1.807, 2.05) is 37.0 Å². The molecule has 0 radical (unpaired) electrons. The van der Waals surface area contributed by atoms with Gasteiger partial charge in [-0.1, -0.05) is 22.0 Å². The van der Waals surface area contributed by atoms with Gasteiger partial charge in [-0.05, 0) is 37.4 Å². The van der Waals surface area contributed by atoms with Gasteiger partial charge >= 0.3 is 0 Å². The summed E-state index contributed by atoms with van der Waals surface area (Å²) in [7, 11) is 2.00. The number of rotatable bonds is 6. The maximum Gasteiger partial charge on any atom is 0.105 e. The highest BCUT2D eigenvalue weighted by Gasteiger charge is 2.09. The van der Waals surface area contributed by atoms with E-state index < -0.39 is 0 Å². The van der Waals surface area contributed by atoms with Crippen molar-refractivity contribution in [2.24, 2.45) is 0 Å². The van der Waals surface area contributed by atoms with E-state index in [-0.39, 0.29) is 0 Å². The van der Waals surface area contributed by atoms with Gasteiger partial charge in [0.25, 0.3) is 0 Å². The highest BCUT2D eigenvalue weighted by atomic mass is 79.9. The summed E-state index contributed by atoms with van der Waals surface area (Å²) >= 11 is 5.35. The largest absolute Gasteiger partial charge is 0.469 e. The number of likely N-dealkylation sites (N-methyl/N-ethyl adjacent to an activating group) is 1. The fourth-order valence-corrected chi connectivity index (χ4v) is 3.28. The van der Waals surface area contributed by atoms with Gasteiger partial charge in [-0.2, -0.15) is 0 Å². The van der Waals surface area contributed by atoms with Crippen LogP contribution in [-0.4, -0.2) is 18.8 Å². The van der Waals surface area contributed by atoms with Crippen molar-refractivity contribution < 1.29 is 4.42 Å². The van der Waals surface area contributed by atoms with Crippen LogP contribution in [0.3, 0.4) is 0 Å². The van der Waals surface area contributed by atoms with Crippen LogP contribution >= 0.6 is 27.7 Å². The molecule has 1 heterocycles. The first kappa shape index (κ1) is 13.7. The van der Waals surface area contributed by atoms with Crippen molar-refractivity contribution in [2.45, 2.75) is 17.4 Å². The molecule has 0 fully saturated rings. The van der Waals surface area contributed by atoms with E-state index >= 15 is 0 Å². The summed E-state index contributed by atoms with van der Waals surface area (Å²) in [6.45, 7) is 0. The topological polar surface area (TPSA) is 25.2 Å². The number of furan rings is 1. The standard InChI is InChI=1S/C14H16BrNOS/c1-16-12(9-13-5-3-7-17-13)10-18-14-6-2-4-11(15)8-14/h2-8,12,16H,9-10H2,1H3. The Bertz CT molecular complexity index is 472. The third-order valence-corrected chi connectivity index (χ3v) is 4.33. The Morgan fingerprint density at radius 2 is 2.22 bits per heavy atom. The van der Waals surface area contributed by atoms with Gasteiger partial charge in [-0.15, -0.1) is 11.8 Å². The van der Waals surface area contributed by atoms with Crippen LogP contribution in [0.1, 0.15) is 5.76 Å². The second-order valence-corrected chi connectivity index (χ2v) is 6.05. The Labute approximate surface area is 120 Å². The van der Waals surface area contributed by atoms with Crippen molar-refractivity contribution in [3.05, 3.63) is 52.9 Å². The molecule has 2 aromatic rings. The van der Waals surface area contributed by atoms with Gasteiger partial charge < -0.3 is 9.73 Å². The smallest absolute Gasteiger partial charge is 0.105 e. The van der Waals surface area contributed by atoms with Gasteiger partial charge in [-0.3, -0.25) is 0 Å². The van der Waals surface area contributed by atoms with Crippen LogP contribution in [0.15, 0.2) is 56.4 Å². The van der Waals surface area contributed by atoms with Gasteiger partial charge in [0, 0.05) is 27.6 Å². The summed E-state index contributed by atoms with van der Waals surface area (Å²) in [6, 6.07) is 12.8. The van der Waals surface area contributed by atoms with Gasteiger partial charge in [-0.25, -0.2) is 0 Å². The minimum atomic E-state index is 0.417. The molecule has 1 aromatic heterocycles. The number of halogens is 1. The first-order valence-electron chi connectivity index (χ1n) is 5.86. The zero-order chi connectivity index (χ0) is 12.8. The predicted octanol–water partition coefficient (Wildman–Crippen LogP) is 3.96. The first-order chi connectivity index (χ1) is 8.78. The molecule has 2 nitrogen and oxygen atoms in total. The molecule has 1 atom stereocenters. The summed E-state index contributed by atoms with van der Waals surface area (Å²) < 4.78 is 6.50. The molecule has 0 spiro atoms. The molecule has 0 saturated heterocycles. The Morgan fingerprint density at radius 1 is 1.33 bits per heavy atom. The van der Waals surface area contributed by atoms with Crippen LogP contribution in [0.4, 0.5) is 0 Å². The minimum absolute atomic E-state index is 0.417. The van der Waals surface area contributed by atoms with Gasteiger partial charge in [0.05, 0.1) is 6.26 Å². The van der Waals surface area contributed by atoms with Crippen LogP contribution in [0.5, 0.6) is 0 Å². The highest BCUT2D eigenvalue weighted by Crippen LogP contribution is 2.23. The van der Waals surface area contributed by atoms with Crippen LogP contribution in [0, 0.1) is 0 Å². The molecule has 18 heavy (non-hydrogen) atoms. The number of thioether (sulfide) groups is 1. The molecule has 0 bridgehead atoms. The van der Waals surface area contributed by atoms with Crippen molar-refractivity contribution >= 4 is 27.7 Å². The highest BCUT2D eigenvalue weighted by molar-refractivity contribution is 9.10. The Hall–Kier alpha value is -0.710. The van der Waals surface area contributed by atoms with Crippen molar-refractivity contribution in [1.82, 2.24) is 5.32 Å². The maximum absolute atomic E-state index is 5.38. The van der Waals surface area contributed by atoms with E-state index in [2.05, 4.69) is 39.4 Å². The quantitative estimate of drug-likeness (QED) is 0.814. The van der Waals surface area contributed by atoms with E-state index in [1.54, 1.807) is 6.26 Å². The molecule has 0 aliphatic carbocycles. The molecule has 2 rings (SSSR count). The SMILES string of the molecule is CNC(CSc1cccc(Br)c1)Cc1ccco1. The Morgan fingerprint density at radius 3 is 2.89 bits per heavy atom. The zero-order valence-corrected chi connectivity index (χ0v) is 12.6. The summed E-state index contributed by atoms with van der Waals surface area (Å²) in [5.41, 5.74) is 0. The second kappa shape index (κ2) is 7.02. The number of nitrogens with one attached hydrogen (secondary N) is 1. The molecule has 0 aliphatic heterocycles. The third kappa shape index (κ3) is 4.19. The van der Waals surface area contributed by atoms with Gasteiger partial charge in [0.15, 0.2) is 0 Å². The Balaban J connectivity index is 1.87. The lowest BCUT2D eigenvalue weighted by molar-refractivity contribution is 0.474. The lowest BCUT2D eigenvalue weighted by Crippen LogP contribution is -2.29. The molecule has 0 amide bonds. The summed E-state index contributed by atoms with van der Waals surface area (Å²) in [6.07, 6.45) is 2.65. The third-order valence-electron chi connectivity index (χ3n) is 2.68. The minimum Gasteiger partial charge on any atom is -0.469 e. The lowest BCUT2D eigenvalue weighted by Gasteiger charge is -2.14. The summed E-state index contributed by atoms with van der Waals surface area (Å²) in [4.78, 5) is 1.28. The van der Waals surface area contributed by atoms with Crippen molar-refractivity contribution in [2.75, 3.05) is 12.8 Å². The van der Waals surface area contributed by atoms with Crippen molar-refractivity contribution in [1.29, 1.82) is 0 Å². The zero-order valence-electron chi connectivity index (χ0n) is 10.2. The normalized spacial score (nSPS) is 12.6. The molecule has 0 aliphatic rings.